The van der Waals surface area contributed by atoms with Gasteiger partial charge in [0.15, 0.2) is 0 Å². The maximum atomic E-state index is 12.7. The number of aliphatic hydroxyl groups excluding tert-OH is 1. The minimum Gasteiger partial charge on any atom is -0.497 e. The Balaban J connectivity index is 1.37. The second kappa shape index (κ2) is 11.8. The fourth-order valence-electron chi connectivity index (χ4n) is 3.77. The number of benzene rings is 3. The topological polar surface area (TPSA) is 85.6 Å². The van der Waals surface area contributed by atoms with Crippen molar-refractivity contribution in [1.82, 2.24) is 14.9 Å². The molecule has 182 valence electrons. The molecule has 8 heteroatoms. The molecule has 35 heavy (non-hydrogen) atoms. The van der Waals surface area contributed by atoms with Crippen LogP contribution < -0.4 is 10.1 Å². The number of halogens is 1. The number of ether oxygens (including phenoxy) is 2. The highest BCUT2D eigenvalue weighted by molar-refractivity contribution is 6.30. The first-order valence-corrected chi connectivity index (χ1v) is 11.7. The van der Waals surface area contributed by atoms with Crippen LogP contribution in [0.2, 0.25) is 5.02 Å². The molecule has 0 bridgehead atoms. The lowest BCUT2D eigenvalue weighted by Crippen LogP contribution is -2.28. The van der Waals surface area contributed by atoms with Crippen molar-refractivity contribution in [3.05, 3.63) is 94.8 Å². The first kappa shape index (κ1) is 24.7. The van der Waals surface area contributed by atoms with Crippen molar-refractivity contribution in [3.8, 4) is 5.75 Å². The summed E-state index contributed by atoms with van der Waals surface area (Å²) in [5.74, 6) is 1.22. The van der Waals surface area contributed by atoms with Gasteiger partial charge in [-0.1, -0.05) is 48.0 Å². The summed E-state index contributed by atoms with van der Waals surface area (Å²) in [5.41, 5.74) is 3.59. The first-order valence-electron chi connectivity index (χ1n) is 11.4. The van der Waals surface area contributed by atoms with Gasteiger partial charge in [0.05, 0.1) is 50.4 Å². The molecule has 0 aliphatic heterocycles. The number of para-hydroxylation sites is 2. The third-order valence-corrected chi connectivity index (χ3v) is 5.84. The summed E-state index contributed by atoms with van der Waals surface area (Å²) in [7, 11) is 1.62. The third kappa shape index (κ3) is 6.82. The van der Waals surface area contributed by atoms with Crippen molar-refractivity contribution in [2.45, 2.75) is 32.2 Å². The zero-order valence-corrected chi connectivity index (χ0v) is 20.2. The number of rotatable bonds is 11. The van der Waals surface area contributed by atoms with E-state index in [2.05, 4.69) is 10.3 Å². The van der Waals surface area contributed by atoms with Crippen LogP contribution in [-0.2, 0) is 35.6 Å². The summed E-state index contributed by atoms with van der Waals surface area (Å²) in [6.07, 6.45) is -0.663. The largest absolute Gasteiger partial charge is 0.497 e. The lowest BCUT2D eigenvalue weighted by molar-refractivity contribution is -0.120. The Labute approximate surface area is 209 Å². The Morgan fingerprint density at radius 3 is 2.51 bits per heavy atom. The van der Waals surface area contributed by atoms with E-state index in [9.17, 15) is 9.90 Å². The number of carbonyl (C=O) groups excluding carboxylic acids is 1. The van der Waals surface area contributed by atoms with Crippen LogP contribution in [0.25, 0.3) is 11.0 Å². The van der Waals surface area contributed by atoms with E-state index in [1.807, 2.05) is 65.2 Å². The van der Waals surface area contributed by atoms with Gasteiger partial charge in [0.2, 0.25) is 5.91 Å². The molecule has 0 saturated carbocycles. The molecule has 0 spiro atoms. The van der Waals surface area contributed by atoms with E-state index in [1.165, 1.54) is 0 Å². The van der Waals surface area contributed by atoms with Crippen LogP contribution in [0.1, 0.15) is 17.0 Å². The van der Waals surface area contributed by atoms with Crippen LogP contribution in [-0.4, -0.2) is 40.4 Å². The summed E-state index contributed by atoms with van der Waals surface area (Å²) in [4.78, 5) is 17.3. The van der Waals surface area contributed by atoms with E-state index in [4.69, 9.17) is 21.1 Å². The molecule has 1 aromatic heterocycles. The lowest BCUT2D eigenvalue weighted by Gasteiger charge is -2.15. The molecular formula is C27H28ClN3O4. The Bertz CT molecular complexity index is 1260. The van der Waals surface area contributed by atoms with Gasteiger partial charge >= 0.3 is 0 Å². The molecule has 0 radical (unpaired) electrons. The number of methoxy groups -OCH3 is 1. The number of nitrogens with one attached hydrogen (secondary N) is 1. The zero-order valence-electron chi connectivity index (χ0n) is 19.5. The molecule has 1 unspecified atom stereocenters. The Morgan fingerprint density at radius 1 is 1.06 bits per heavy atom. The van der Waals surface area contributed by atoms with Gasteiger partial charge in [0.25, 0.3) is 0 Å². The molecule has 3 aromatic carbocycles. The third-order valence-electron chi connectivity index (χ3n) is 5.59. The van der Waals surface area contributed by atoms with Gasteiger partial charge in [0.1, 0.15) is 11.6 Å². The van der Waals surface area contributed by atoms with Crippen LogP contribution >= 0.6 is 11.6 Å². The van der Waals surface area contributed by atoms with Crippen molar-refractivity contribution >= 4 is 28.5 Å². The molecule has 1 heterocycles. The predicted molar refractivity (Wildman–Crippen MR) is 135 cm³/mol. The molecular weight excluding hydrogens is 466 g/mol. The smallest absolute Gasteiger partial charge is 0.227 e. The fourth-order valence-corrected chi connectivity index (χ4v) is 3.90. The average Bonchev–Trinajstić information content (AvgIpc) is 3.20. The van der Waals surface area contributed by atoms with Crippen LogP contribution in [0, 0.1) is 0 Å². The summed E-state index contributed by atoms with van der Waals surface area (Å²) in [6, 6.07) is 22.6. The Morgan fingerprint density at radius 2 is 1.77 bits per heavy atom. The number of carbonyl (C=O) groups is 1. The SMILES string of the molecule is COc1ccc(COCC(O)Cn2c(CC(=O)NCc3ccc(Cl)cc3)nc3ccccc32)cc1. The number of aromatic nitrogens is 2. The standard InChI is InChI=1S/C27H28ClN3O4/c1-34-23-12-8-20(9-13-23)17-35-18-22(32)16-31-25-5-3-2-4-24(25)30-26(31)14-27(33)29-15-19-6-10-21(28)11-7-19/h2-13,22,32H,14-18H2,1H3,(H,29,33). The molecule has 0 aliphatic carbocycles. The van der Waals surface area contributed by atoms with Crippen molar-refractivity contribution in [2.75, 3.05) is 13.7 Å². The van der Waals surface area contributed by atoms with Crippen LogP contribution in [0.3, 0.4) is 0 Å². The fraction of sp³-hybridized carbons (Fsp3) is 0.259. The maximum Gasteiger partial charge on any atom is 0.227 e. The van der Waals surface area contributed by atoms with E-state index < -0.39 is 6.10 Å². The van der Waals surface area contributed by atoms with Crippen LogP contribution in [0.4, 0.5) is 0 Å². The summed E-state index contributed by atoms with van der Waals surface area (Å²) >= 11 is 5.92. The van der Waals surface area contributed by atoms with Crippen molar-refractivity contribution < 1.29 is 19.4 Å². The van der Waals surface area contributed by atoms with Gasteiger partial charge in [-0.2, -0.15) is 0 Å². The number of hydrogen-bond acceptors (Lipinski definition) is 5. The number of imidazole rings is 1. The van der Waals surface area contributed by atoms with Crippen LogP contribution in [0.5, 0.6) is 5.75 Å². The van der Waals surface area contributed by atoms with E-state index >= 15 is 0 Å². The number of fused-ring (bicyclic) bond motifs is 1. The monoisotopic (exact) mass is 493 g/mol. The zero-order chi connectivity index (χ0) is 24.6. The molecule has 2 N–H and O–H groups in total. The molecule has 4 rings (SSSR count). The molecule has 0 aliphatic rings. The van der Waals surface area contributed by atoms with E-state index in [0.29, 0.717) is 24.0 Å². The van der Waals surface area contributed by atoms with Gasteiger partial charge in [0, 0.05) is 11.6 Å². The van der Waals surface area contributed by atoms with Gasteiger partial charge in [-0.15, -0.1) is 0 Å². The first-order chi connectivity index (χ1) is 17.0. The number of amides is 1. The molecule has 7 nitrogen and oxygen atoms in total. The van der Waals surface area contributed by atoms with E-state index in [0.717, 1.165) is 27.9 Å². The van der Waals surface area contributed by atoms with Crippen molar-refractivity contribution in [2.24, 2.45) is 0 Å². The minimum absolute atomic E-state index is 0.0989. The average molecular weight is 494 g/mol. The van der Waals surface area contributed by atoms with Gasteiger partial charge in [-0.25, -0.2) is 4.98 Å². The number of aliphatic hydroxyl groups is 1. The number of nitrogens with zero attached hydrogens (tertiary/aromatic N) is 2. The van der Waals surface area contributed by atoms with Crippen molar-refractivity contribution in [1.29, 1.82) is 0 Å². The van der Waals surface area contributed by atoms with E-state index in [-0.39, 0.29) is 25.5 Å². The highest BCUT2D eigenvalue weighted by atomic mass is 35.5. The highest BCUT2D eigenvalue weighted by Gasteiger charge is 2.17. The summed E-state index contributed by atoms with van der Waals surface area (Å²) < 4.78 is 12.8. The lowest BCUT2D eigenvalue weighted by atomic mass is 10.2. The molecule has 0 saturated heterocycles. The van der Waals surface area contributed by atoms with Gasteiger partial charge < -0.3 is 24.5 Å². The van der Waals surface area contributed by atoms with Crippen molar-refractivity contribution in [3.63, 3.8) is 0 Å². The van der Waals surface area contributed by atoms with Gasteiger partial charge in [-0.3, -0.25) is 4.79 Å². The predicted octanol–water partition coefficient (Wildman–Crippen LogP) is 4.13. The minimum atomic E-state index is -0.762. The molecule has 0 fully saturated rings. The summed E-state index contributed by atoms with van der Waals surface area (Å²) in [6.45, 7) is 1.20. The molecule has 4 aromatic rings. The van der Waals surface area contributed by atoms with E-state index in [1.54, 1.807) is 19.2 Å². The number of hydrogen-bond donors (Lipinski definition) is 2. The van der Waals surface area contributed by atoms with Gasteiger partial charge in [-0.05, 0) is 47.5 Å². The van der Waals surface area contributed by atoms with Crippen LogP contribution in [0.15, 0.2) is 72.8 Å². The second-order valence-electron chi connectivity index (χ2n) is 8.22. The Hall–Kier alpha value is -3.39. The normalized spacial score (nSPS) is 12.0. The summed E-state index contributed by atoms with van der Waals surface area (Å²) in [5, 5.41) is 14.2. The Kier molecular flexibility index (Phi) is 8.36. The highest BCUT2D eigenvalue weighted by Crippen LogP contribution is 2.18. The molecule has 1 amide bonds. The second-order valence-corrected chi connectivity index (χ2v) is 8.66. The maximum absolute atomic E-state index is 12.7. The molecule has 1 atom stereocenters. The quantitative estimate of drug-likeness (QED) is 0.328.